The summed E-state index contributed by atoms with van der Waals surface area (Å²) in [7, 11) is 0. The van der Waals surface area contributed by atoms with E-state index in [-0.39, 0.29) is 23.3 Å². The second-order valence-corrected chi connectivity index (χ2v) is 2.30. The zero-order chi connectivity index (χ0) is 9.40. The minimum atomic E-state index is -0.314. The van der Waals surface area contributed by atoms with Gasteiger partial charge < -0.3 is 0 Å². The van der Waals surface area contributed by atoms with Gasteiger partial charge in [0.25, 0.3) is 0 Å². The molecular formula is C4H10N4O2S2. The van der Waals surface area contributed by atoms with Crippen molar-refractivity contribution < 1.29 is 9.59 Å². The average Bonchev–Trinajstić information content (AvgIpc) is 2.11. The van der Waals surface area contributed by atoms with E-state index in [1.54, 1.807) is 0 Å². The smallest absolute Gasteiger partial charge is 0.244 e. The van der Waals surface area contributed by atoms with Crippen LogP contribution in [0.3, 0.4) is 0 Å². The molecule has 0 aromatic heterocycles. The Kier molecular flexibility index (Phi) is 6.96. The lowest BCUT2D eigenvalue weighted by Crippen LogP contribution is -2.54. The summed E-state index contributed by atoms with van der Waals surface area (Å²) in [6.45, 7) is 0. The maximum atomic E-state index is 10.5. The van der Waals surface area contributed by atoms with Crippen LogP contribution in [0.1, 0.15) is 0 Å². The lowest BCUT2D eigenvalue weighted by atomic mass is 10.7. The molecule has 0 radical (unpaired) electrons. The Bertz CT molecular complexity index is 147. The number of hydrogen-bond donors (Lipinski definition) is 6. The number of nitrogens with one attached hydrogen (secondary N) is 4. The zero-order valence-electron chi connectivity index (χ0n) is 6.13. The SMILES string of the molecule is O=C(CS)NNNNC(=O)CS. The normalized spacial score (nSPS) is 9.17. The van der Waals surface area contributed by atoms with E-state index in [1.807, 2.05) is 0 Å². The fourth-order valence-corrected chi connectivity index (χ4v) is 0.439. The first kappa shape index (κ1) is 11.6. The summed E-state index contributed by atoms with van der Waals surface area (Å²) >= 11 is 7.39. The van der Waals surface area contributed by atoms with Gasteiger partial charge in [0.05, 0.1) is 11.5 Å². The molecule has 0 aliphatic rings. The molecule has 0 spiro atoms. The van der Waals surface area contributed by atoms with Crippen molar-refractivity contribution in [1.82, 2.24) is 21.9 Å². The Balaban J connectivity index is 3.21. The molecule has 0 unspecified atom stereocenters. The van der Waals surface area contributed by atoms with E-state index in [2.05, 4.69) is 47.2 Å². The third-order valence-corrected chi connectivity index (χ3v) is 1.33. The molecule has 8 heteroatoms. The minimum Gasteiger partial charge on any atom is -0.276 e. The predicted molar refractivity (Wildman–Crippen MR) is 50.3 cm³/mol. The van der Waals surface area contributed by atoms with Crippen LogP contribution >= 0.6 is 25.3 Å². The highest BCUT2D eigenvalue weighted by molar-refractivity contribution is 7.81. The standard InChI is InChI=1S/C4H10N4O2S2/c9-3(1-11)5-7-8-6-4(10)2-12/h7-8,11-12H,1-2H2,(H,5,9)(H,6,10). The fourth-order valence-electron chi connectivity index (χ4n) is 0.281. The van der Waals surface area contributed by atoms with Crippen molar-refractivity contribution in [3.63, 3.8) is 0 Å². The summed E-state index contributed by atoms with van der Waals surface area (Å²) < 4.78 is 0. The Morgan fingerprint density at radius 3 is 1.50 bits per heavy atom. The molecule has 2 amide bonds. The third kappa shape index (κ3) is 6.28. The van der Waals surface area contributed by atoms with E-state index in [1.165, 1.54) is 0 Å². The Morgan fingerprint density at radius 2 is 1.25 bits per heavy atom. The first-order valence-corrected chi connectivity index (χ1v) is 4.26. The van der Waals surface area contributed by atoms with E-state index in [0.29, 0.717) is 0 Å². The summed E-state index contributed by atoms with van der Waals surface area (Å²) in [6.07, 6.45) is 0. The fraction of sp³-hybridized carbons (Fsp3) is 0.500. The van der Waals surface area contributed by atoms with Crippen LogP contribution in [-0.4, -0.2) is 23.3 Å². The average molecular weight is 210 g/mol. The van der Waals surface area contributed by atoms with Gasteiger partial charge in [-0.2, -0.15) is 36.3 Å². The molecule has 12 heavy (non-hydrogen) atoms. The van der Waals surface area contributed by atoms with Gasteiger partial charge in [-0.25, -0.2) is 0 Å². The first-order chi connectivity index (χ1) is 5.70. The highest BCUT2D eigenvalue weighted by Crippen LogP contribution is 1.69. The summed E-state index contributed by atoms with van der Waals surface area (Å²) in [5, 5.41) is 0. The van der Waals surface area contributed by atoms with Gasteiger partial charge in [0, 0.05) is 0 Å². The third-order valence-electron chi connectivity index (χ3n) is 0.754. The number of hydrogen-bond acceptors (Lipinski definition) is 6. The molecule has 70 valence electrons. The van der Waals surface area contributed by atoms with Crippen LogP contribution in [0.5, 0.6) is 0 Å². The van der Waals surface area contributed by atoms with Crippen molar-refractivity contribution in [2.45, 2.75) is 0 Å². The van der Waals surface area contributed by atoms with Crippen molar-refractivity contribution in [2.24, 2.45) is 0 Å². The van der Waals surface area contributed by atoms with Gasteiger partial charge in [-0.15, -0.1) is 0 Å². The molecule has 0 saturated heterocycles. The van der Waals surface area contributed by atoms with Gasteiger partial charge >= 0.3 is 0 Å². The lowest BCUT2D eigenvalue weighted by Gasteiger charge is -2.07. The minimum absolute atomic E-state index is 0.0647. The Hall–Kier alpha value is -0.440. The molecule has 0 rings (SSSR count). The first-order valence-electron chi connectivity index (χ1n) is 3.00. The molecule has 0 fully saturated rings. The summed E-state index contributed by atoms with van der Waals surface area (Å²) in [4.78, 5) is 21.0. The number of amides is 2. The molecule has 4 N–H and O–H groups in total. The van der Waals surface area contributed by atoms with Crippen LogP contribution in [0, 0.1) is 0 Å². The van der Waals surface area contributed by atoms with Crippen LogP contribution in [0.4, 0.5) is 0 Å². The number of carbonyl (C=O) groups is 2. The van der Waals surface area contributed by atoms with Crippen molar-refractivity contribution in [3.8, 4) is 0 Å². The van der Waals surface area contributed by atoms with Gasteiger partial charge in [0.15, 0.2) is 0 Å². The second-order valence-electron chi connectivity index (χ2n) is 1.66. The topological polar surface area (TPSA) is 82.3 Å². The number of thiol groups is 2. The van der Waals surface area contributed by atoms with Crippen molar-refractivity contribution in [2.75, 3.05) is 11.5 Å². The quantitative estimate of drug-likeness (QED) is 0.180. The Morgan fingerprint density at radius 1 is 0.917 bits per heavy atom. The van der Waals surface area contributed by atoms with Crippen molar-refractivity contribution in [1.29, 1.82) is 0 Å². The monoisotopic (exact) mass is 210 g/mol. The predicted octanol–water partition coefficient (Wildman–Crippen LogP) is -2.00. The molecule has 0 aliphatic heterocycles. The maximum absolute atomic E-state index is 10.5. The van der Waals surface area contributed by atoms with Gasteiger partial charge in [-0.05, 0) is 0 Å². The van der Waals surface area contributed by atoms with Crippen LogP contribution in [0.2, 0.25) is 0 Å². The molecule has 0 saturated carbocycles. The number of rotatable bonds is 5. The lowest BCUT2D eigenvalue weighted by molar-refractivity contribution is -0.122. The Labute approximate surface area is 80.6 Å². The number of carbonyl (C=O) groups excluding carboxylic acids is 2. The summed E-state index contributed by atoms with van der Waals surface area (Å²) in [5.74, 6) is -0.499. The van der Waals surface area contributed by atoms with Crippen LogP contribution < -0.4 is 21.9 Å². The zero-order valence-corrected chi connectivity index (χ0v) is 7.91. The van der Waals surface area contributed by atoms with Gasteiger partial charge in [0.1, 0.15) is 0 Å². The maximum Gasteiger partial charge on any atom is 0.244 e. The van der Waals surface area contributed by atoms with Crippen LogP contribution in [0.25, 0.3) is 0 Å². The van der Waals surface area contributed by atoms with Gasteiger partial charge in [-0.3, -0.25) is 20.4 Å². The van der Waals surface area contributed by atoms with Gasteiger partial charge in [-0.1, -0.05) is 0 Å². The van der Waals surface area contributed by atoms with E-state index >= 15 is 0 Å². The molecule has 0 bridgehead atoms. The van der Waals surface area contributed by atoms with Crippen LogP contribution in [0.15, 0.2) is 0 Å². The van der Waals surface area contributed by atoms with E-state index < -0.39 is 0 Å². The molecule has 0 atom stereocenters. The molecule has 0 aliphatic carbocycles. The highest BCUT2D eigenvalue weighted by atomic mass is 32.1. The van der Waals surface area contributed by atoms with Crippen LogP contribution in [-0.2, 0) is 9.59 Å². The summed E-state index contributed by atoms with van der Waals surface area (Å²) in [6, 6.07) is 0. The van der Waals surface area contributed by atoms with E-state index in [9.17, 15) is 9.59 Å². The molecule has 0 aromatic rings. The molecule has 6 nitrogen and oxygen atoms in total. The molecular weight excluding hydrogens is 200 g/mol. The summed E-state index contributed by atoms with van der Waals surface area (Å²) in [5.41, 5.74) is 8.87. The van der Waals surface area contributed by atoms with Crippen molar-refractivity contribution >= 4 is 37.1 Å². The van der Waals surface area contributed by atoms with Gasteiger partial charge in [0.2, 0.25) is 11.8 Å². The van der Waals surface area contributed by atoms with Crippen molar-refractivity contribution in [3.05, 3.63) is 0 Å². The largest absolute Gasteiger partial charge is 0.276 e. The van der Waals surface area contributed by atoms with E-state index in [4.69, 9.17) is 0 Å². The second kappa shape index (κ2) is 7.22. The molecule has 0 aromatic carbocycles. The van der Waals surface area contributed by atoms with E-state index in [0.717, 1.165) is 0 Å². The highest BCUT2D eigenvalue weighted by Gasteiger charge is 1.95. The molecule has 0 heterocycles. The number of hydrazine groups is 3.